The number of nitrogens with one attached hydrogen (secondary N) is 1. The number of ether oxygens (including phenoxy) is 4. The van der Waals surface area contributed by atoms with Crippen molar-refractivity contribution in [3.8, 4) is 17.2 Å². The van der Waals surface area contributed by atoms with Crippen molar-refractivity contribution in [2.45, 2.75) is 20.0 Å². The Morgan fingerprint density at radius 1 is 1.03 bits per heavy atom. The van der Waals surface area contributed by atoms with Crippen LogP contribution in [-0.4, -0.2) is 38.2 Å². The molecule has 1 N–H and O–H groups in total. The van der Waals surface area contributed by atoms with Crippen molar-refractivity contribution in [2.24, 2.45) is 0 Å². The van der Waals surface area contributed by atoms with Crippen molar-refractivity contribution < 1.29 is 28.5 Å². The van der Waals surface area contributed by atoms with Gasteiger partial charge in [0.2, 0.25) is 5.91 Å². The van der Waals surface area contributed by atoms with Gasteiger partial charge in [0.1, 0.15) is 17.4 Å². The number of carbonyl (C=O) groups excluding carboxylic acids is 2. The van der Waals surface area contributed by atoms with Gasteiger partial charge in [-0.25, -0.2) is 9.78 Å². The first-order valence-corrected chi connectivity index (χ1v) is 11.2. The highest BCUT2D eigenvalue weighted by molar-refractivity contribution is 7.09. The number of carbonyl (C=O) groups is 2. The van der Waals surface area contributed by atoms with Gasteiger partial charge in [-0.3, -0.25) is 4.79 Å². The van der Waals surface area contributed by atoms with E-state index in [9.17, 15) is 9.59 Å². The van der Waals surface area contributed by atoms with E-state index >= 15 is 0 Å². The molecule has 178 valence electrons. The van der Waals surface area contributed by atoms with E-state index in [1.807, 2.05) is 31.2 Å². The zero-order chi connectivity index (χ0) is 24.5. The van der Waals surface area contributed by atoms with E-state index in [1.54, 1.807) is 23.6 Å². The lowest BCUT2D eigenvalue weighted by Crippen LogP contribution is -2.15. The van der Waals surface area contributed by atoms with Crippen LogP contribution < -0.4 is 19.5 Å². The number of rotatable bonds is 10. The Bertz CT molecular complexity index is 1190. The minimum Gasteiger partial charge on any atom is -0.496 e. The Labute approximate surface area is 202 Å². The third-order valence-corrected chi connectivity index (χ3v) is 5.73. The summed E-state index contributed by atoms with van der Waals surface area (Å²) in [4.78, 5) is 28.9. The molecule has 2 aromatic carbocycles. The summed E-state index contributed by atoms with van der Waals surface area (Å²) in [6.07, 6.45) is 3.02. The normalized spacial score (nSPS) is 10.7. The van der Waals surface area contributed by atoms with Gasteiger partial charge in [0.05, 0.1) is 33.4 Å². The van der Waals surface area contributed by atoms with E-state index in [-0.39, 0.29) is 18.9 Å². The molecule has 34 heavy (non-hydrogen) atoms. The standard InChI is InChI=1S/C25H26N2O6S/c1-16-7-5-6-8-19(16)27-23(28)13-24-26-18(15-34-24)14-33-25(29)10-9-17-11-21(31-3)22(32-4)12-20(17)30-2/h5-12,15H,13-14H2,1-4H3,(H,27,28)/b10-9+. The Hall–Kier alpha value is -3.85. The van der Waals surface area contributed by atoms with Crippen LogP contribution in [0.15, 0.2) is 47.9 Å². The number of hydrogen-bond donors (Lipinski definition) is 1. The molecule has 0 aliphatic carbocycles. The number of thiazole rings is 1. The summed E-state index contributed by atoms with van der Waals surface area (Å²) >= 11 is 1.34. The molecule has 0 atom stereocenters. The minimum absolute atomic E-state index is 0.00214. The van der Waals surface area contributed by atoms with Crippen molar-refractivity contribution in [2.75, 3.05) is 26.6 Å². The van der Waals surface area contributed by atoms with E-state index in [0.29, 0.717) is 33.5 Å². The summed E-state index contributed by atoms with van der Waals surface area (Å²) in [5.41, 5.74) is 2.97. The number of anilines is 1. The number of aromatic nitrogens is 1. The molecular weight excluding hydrogens is 456 g/mol. The van der Waals surface area contributed by atoms with Gasteiger partial charge in [-0.05, 0) is 30.7 Å². The number of esters is 1. The van der Waals surface area contributed by atoms with E-state index in [1.165, 1.54) is 38.7 Å². The maximum absolute atomic E-state index is 12.3. The van der Waals surface area contributed by atoms with E-state index in [2.05, 4.69) is 10.3 Å². The molecule has 8 nitrogen and oxygen atoms in total. The molecule has 0 aliphatic rings. The fourth-order valence-corrected chi connectivity index (χ4v) is 3.85. The SMILES string of the molecule is COc1cc(OC)c(OC)cc1/C=C/C(=O)OCc1csc(CC(=O)Nc2ccccc2C)n1. The van der Waals surface area contributed by atoms with Crippen LogP contribution in [0.4, 0.5) is 5.69 Å². The Balaban J connectivity index is 1.54. The minimum atomic E-state index is -0.538. The average molecular weight is 483 g/mol. The molecule has 0 saturated heterocycles. The zero-order valence-electron chi connectivity index (χ0n) is 19.4. The molecule has 1 heterocycles. The Morgan fingerprint density at radius 2 is 1.74 bits per heavy atom. The first-order chi connectivity index (χ1) is 16.4. The van der Waals surface area contributed by atoms with Gasteiger partial charge >= 0.3 is 5.97 Å². The molecule has 0 aliphatic heterocycles. The first kappa shape index (κ1) is 24.8. The Kier molecular flexibility index (Phi) is 8.64. The summed E-state index contributed by atoms with van der Waals surface area (Å²) in [6, 6.07) is 10.9. The molecule has 0 unspecified atom stereocenters. The Morgan fingerprint density at radius 3 is 2.44 bits per heavy atom. The summed E-state index contributed by atoms with van der Waals surface area (Å²) in [5, 5.41) is 5.29. The van der Waals surface area contributed by atoms with E-state index in [4.69, 9.17) is 18.9 Å². The third-order valence-electron chi connectivity index (χ3n) is 4.83. The summed E-state index contributed by atoms with van der Waals surface area (Å²) in [7, 11) is 4.59. The lowest BCUT2D eigenvalue weighted by atomic mass is 10.1. The lowest BCUT2D eigenvalue weighted by Gasteiger charge is -2.12. The lowest BCUT2D eigenvalue weighted by molar-refractivity contribution is -0.139. The molecule has 9 heteroatoms. The van der Waals surface area contributed by atoms with Crippen LogP contribution >= 0.6 is 11.3 Å². The molecule has 3 aromatic rings. The van der Waals surface area contributed by atoms with Crippen molar-refractivity contribution in [3.63, 3.8) is 0 Å². The van der Waals surface area contributed by atoms with E-state index in [0.717, 1.165) is 11.3 Å². The van der Waals surface area contributed by atoms with Gasteiger partial charge < -0.3 is 24.3 Å². The number of amides is 1. The predicted molar refractivity (Wildman–Crippen MR) is 131 cm³/mol. The number of methoxy groups -OCH3 is 3. The van der Waals surface area contributed by atoms with Gasteiger partial charge in [-0.2, -0.15) is 0 Å². The molecule has 0 spiro atoms. The molecule has 0 bridgehead atoms. The molecule has 0 saturated carbocycles. The van der Waals surface area contributed by atoms with Crippen molar-refractivity contribution in [3.05, 3.63) is 69.7 Å². The smallest absolute Gasteiger partial charge is 0.331 e. The van der Waals surface area contributed by atoms with Gasteiger partial charge in [-0.15, -0.1) is 11.3 Å². The van der Waals surface area contributed by atoms with Gasteiger partial charge in [0.15, 0.2) is 11.5 Å². The number of hydrogen-bond acceptors (Lipinski definition) is 8. The quantitative estimate of drug-likeness (QED) is 0.338. The second-order valence-corrected chi connectivity index (χ2v) is 8.11. The summed E-state index contributed by atoms with van der Waals surface area (Å²) < 4.78 is 21.2. The van der Waals surface area contributed by atoms with Gasteiger partial charge in [0.25, 0.3) is 0 Å². The molecule has 1 aromatic heterocycles. The highest BCUT2D eigenvalue weighted by Gasteiger charge is 2.12. The van der Waals surface area contributed by atoms with Crippen molar-refractivity contribution >= 4 is 35.0 Å². The van der Waals surface area contributed by atoms with Gasteiger partial charge in [-0.1, -0.05) is 18.2 Å². The van der Waals surface area contributed by atoms with Crippen LogP contribution in [0.3, 0.4) is 0 Å². The molecular formula is C25H26N2O6S. The third kappa shape index (κ3) is 6.58. The average Bonchev–Trinajstić information content (AvgIpc) is 3.29. The first-order valence-electron chi connectivity index (χ1n) is 10.4. The topological polar surface area (TPSA) is 96.0 Å². The van der Waals surface area contributed by atoms with Crippen LogP contribution in [0.25, 0.3) is 6.08 Å². The maximum Gasteiger partial charge on any atom is 0.331 e. The monoisotopic (exact) mass is 482 g/mol. The number of nitrogens with zero attached hydrogens (tertiary/aromatic N) is 1. The number of aryl methyl sites for hydroxylation is 1. The highest BCUT2D eigenvalue weighted by atomic mass is 32.1. The number of benzene rings is 2. The largest absolute Gasteiger partial charge is 0.496 e. The van der Waals surface area contributed by atoms with Crippen molar-refractivity contribution in [1.29, 1.82) is 0 Å². The molecule has 1 amide bonds. The van der Waals surface area contributed by atoms with Gasteiger partial charge in [0, 0.05) is 28.8 Å². The fraction of sp³-hybridized carbons (Fsp3) is 0.240. The van der Waals surface area contributed by atoms with Crippen LogP contribution in [-0.2, 0) is 27.4 Å². The van der Waals surface area contributed by atoms with Crippen LogP contribution in [0.2, 0.25) is 0 Å². The van der Waals surface area contributed by atoms with E-state index < -0.39 is 5.97 Å². The van der Waals surface area contributed by atoms with Crippen LogP contribution in [0, 0.1) is 6.92 Å². The molecule has 3 rings (SSSR count). The number of para-hydroxylation sites is 1. The second kappa shape index (κ2) is 11.9. The predicted octanol–water partition coefficient (Wildman–Crippen LogP) is 4.42. The highest BCUT2D eigenvalue weighted by Crippen LogP contribution is 2.35. The van der Waals surface area contributed by atoms with Crippen LogP contribution in [0.1, 0.15) is 21.8 Å². The molecule has 0 fully saturated rings. The second-order valence-electron chi connectivity index (χ2n) is 7.16. The summed E-state index contributed by atoms with van der Waals surface area (Å²) in [6.45, 7) is 1.93. The summed E-state index contributed by atoms with van der Waals surface area (Å²) in [5.74, 6) is 0.862. The molecule has 0 radical (unpaired) electrons. The fourth-order valence-electron chi connectivity index (χ4n) is 3.08. The van der Waals surface area contributed by atoms with Crippen LogP contribution in [0.5, 0.6) is 17.2 Å². The van der Waals surface area contributed by atoms with Crippen molar-refractivity contribution in [1.82, 2.24) is 4.98 Å². The zero-order valence-corrected chi connectivity index (χ0v) is 20.2. The maximum atomic E-state index is 12.3.